The second kappa shape index (κ2) is 2.86. The molecule has 2 heteroatoms. The summed E-state index contributed by atoms with van der Waals surface area (Å²) < 4.78 is 9.91. The van der Waals surface area contributed by atoms with Crippen LogP contribution in [-0.4, -0.2) is 19.5 Å². The van der Waals surface area contributed by atoms with Crippen LogP contribution in [-0.2, 0) is 9.47 Å². The minimum Gasteiger partial charge on any atom is -0.342 e. The second-order valence-corrected chi connectivity index (χ2v) is 1.93. The van der Waals surface area contributed by atoms with Crippen molar-refractivity contribution in [2.24, 2.45) is 5.92 Å². The van der Waals surface area contributed by atoms with E-state index in [-0.39, 0.29) is 5.92 Å². The van der Waals surface area contributed by atoms with Gasteiger partial charge in [0, 0.05) is 5.92 Å². The minimum atomic E-state index is -0.482. The van der Waals surface area contributed by atoms with Crippen LogP contribution in [0.4, 0.5) is 0 Å². The Bertz CT molecular complexity index is 117. The first-order valence-corrected chi connectivity index (χ1v) is 2.78. The van der Waals surface area contributed by atoms with Crippen LogP contribution in [0.15, 0.2) is 0 Å². The van der Waals surface area contributed by atoms with E-state index in [1.54, 1.807) is 0 Å². The zero-order chi connectivity index (χ0) is 6.69. The Morgan fingerprint density at radius 3 is 2.33 bits per heavy atom. The number of rotatable bonds is 0. The molecule has 0 atom stereocenters. The first-order valence-electron chi connectivity index (χ1n) is 2.78. The van der Waals surface area contributed by atoms with Gasteiger partial charge in [0.05, 0.1) is 13.2 Å². The number of hydrogen-bond acceptors (Lipinski definition) is 2. The van der Waals surface area contributed by atoms with Crippen LogP contribution in [0, 0.1) is 25.2 Å². The normalized spacial score (nSPS) is 35.6. The van der Waals surface area contributed by atoms with Crippen molar-refractivity contribution in [2.75, 3.05) is 13.2 Å². The minimum absolute atomic E-state index is 0.0189. The van der Waals surface area contributed by atoms with E-state index in [1.807, 2.05) is 0 Å². The van der Waals surface area contributed by atoms with Crippen molar-refractivity contribution in [3.8, 4) is 12.3 Å². The van der Waals surface area contributed by atoms with Gasteiger partial charge in [-0.3, -0.25) is 0 Å². The molecule has 0 aromatic carbocycles. The maximum absolute atomic E-state index is 5.43. The van der Waals surface area contributed by atoms with Gasteiger partial charge in [-0.2, -0.15) is 0 Å². The van der Waals surface area contributed by atoms with E-state index in [4.69, 9.17) is 22.8 Å². The molecule has 2 radical (unpaired) electrons. The van der Waals surface area contributed by atoms with Gasteiger partial charge in [0.15, 0.2) is 0 Å². The molecule has 1 rings (SSSR count). The van der Waals surface area contributed by atoms with Crippen LogP contribution in [0.2, 0.25) is 0 Å². The van der Waals surface area contributed by atoms with E-state index in [2.05, 4.69) is 5.92 Å². The van der Waals surface area contributed by atoms with Gasteiger partial charge in [-0.1, -0.05) is 0 Å². The van der Waals surface area contributed by atoms with Crippen molar-refractivity contribution in [2.45, 2.75) is 6.29 Å². The fraction of sp³-hybridized carbons (Fsp3) is 0.571. The van der Waals surface area contributed by atoms with Crippen molar-refractivity contribution in [1.29, 1.82) is 0 Å². The molecule has 0 N–H and O–H groups in total. The molecule has 0 aromatic rings. The van der Waals surface area contributed by atoms with Crippen molar-refractivity contribution in [3.05, 3.63) is 6.92 Å². The van der Waals surface area contributed by atoms with Gasteiger partial charge in [-0.05, 0) is 12.8 Å². The molecule has 1 saturated heterocycles. The maximum atomic E-state index is 5.43. The van der Waals surface area contributed by atoms with Crippen molar-refractivity contribution in [1.82, 2.24) is 0 Å². The average molecular weight is 124 g/mol. The predicted octanol–water partition coefficient (Wildman–Crippen LogP) is 0.320. The Morgan fingerprint density at radius 2 is 1.89 bits per heavy atom. The van der Waals surface area contributed by atoms with Gasteiger partial charge < -0.3 is 9.47 Å². The van der Waals surface area contributed by atoms with E-state index >= 15 is 0 Å². The van der Waals surface area contributed by atoms with E-state index in [0.717, 1.165) is 0 Å². The summed E-state index contributed by atoms with van der Waals surface area (Å²) in [5.41, 5.74) is 0. The number of hydrogen-bond donors (Lipinski definition) is 0. The summed E-state index contributed by atoms with van der Waals surface area (Å²) in [6.45, 7) is 6.42. The quantitative estimate of drug-likeness (QED) is 0.433. The molecular formula is C7H8O2. The third-order valence-electron chi connectivity index (χ3n) is 1.06. The summed E-state index contributed by atoms with van der Waals surface area (Å²) in [5.74, 6) is 2.31. The Balaban J connectivity index is 2.28. The van der Waals surface area contributed by atoms with E-state index in [0.29, 0.717) is 13.2 Å². The molecule has 2 nitrogen and oxygen atoms in total. The molecule has 0 aliphatic carbocycles. The lowest BCUT2D eigenvalue weighted by molar-refractivity contribution is -0.160. The molecule has 0 aromatic heterocycles. The van der Waals surface area contributed by atoms with Gasteiger partial charge in [-0.25, -0.2) is 0 Å². The summed E-state index contributed by atoms with van der Waals surface area (Å²) >= 11 is 0. The first-order chi connectivity index (χ1) is 4.33. The first kappa shape index (κ1) is 6.60. The lowest BCUT2D eigenvalue weighted by atomic mass is 10.2. The van der Waals surface area contributed by atoms with Crippen LogP contribution in [0.5, 0.6) is 0 Å². The topological polar surface area (TPSA) is 18.5 Å². The summed E-state index contributed by atoms with van der Waals surface area (Å²) in [6, 6.07) is 0. The fourth-order valence-corrected chi connectivity index (χ4v) is 0.614. The van der Waals surface area contributed by atoms with Crippen molar-refractivity contribution >= 4 is 0 Å². The van der Waals surface area contributed by atoms with Gasteiger partial charge in [0.25, 0.3) is 0 Å². The smallest absolute Gasteiger partial charge is 0.222 e. The van der Waals surface area contributed by atoms with Crippen molar-refractivity contribution < 1.29 is 9.47 Å². The fourth-order valence-electron chi connectivity index (χ4n) is 0.614. The van der Waals surface area contributed by atoms with Gasteiger partial charge in [-0.15, -0.1) is 6.42 Å². The standard InChI is InChI=1S/C7H8O2/c1-3-7-8-4-6(2)5-9-7/h1-2,6-7H,4-5H2. The third-order valence-corrected chi connectivity index (χ3v) is 1.06. The average Bonchev–Trinajstić information content (AvgIpc) is 1.90. The molecule has 0 saturated carbocycles. The largest absolute Gasteiger partial charge is 0.342 e. The van der Waals surface area contributed by atoms with Crippen LogP contribution in [0.1, 0.15) is 0 Å². The summed E-state index contributed by atoms with van der Waals surface area (Å²) in [7, 11) is 0. The van der Waals surface area contributed by atoms with Crippen LogP contribution in [0.25, 0.3) is 0 Å². The summed E-state index contributed by atoms with van der Waals surface area (Å²) in [4.78, 5) is 0. The molecule has 0 bridgehead atoms. The molecule has 1 fully saturated rings. The lowest BCUT2D eigenvalue weighted by Gasteiger charge is -2.23. The molecule has 9 heavy (non-hydrogen) atoms. The lowest BCUT2D eigenvalue weighted by Crippen LogP contribution is -2.29. The highest BCUT2D eigenvalue weighted by Crippen LogP contribution is 2.08. The molecule has 1 heterocycles. The van der Waals surface area contributed by atoms with Crippen LogP contribution < -0.4 is 0 Å². The summed E-state index contributed by atoms with van der Waals surface area (Å²) in [5, 5.41) is 0. The third kappa shape index (κ3) is 1.70. The monoisotopic (exact) mass is 124 g/mol. The Kier molecular flexibility index (Phi) is 2.10. The molecule has 0 amide bonds. The van der Waals surface area contributed by atoms with E-state index < -0.39 is 6.29 Å². The predicted molar refractivity (Wildman–Crippen MR) is 32.3 cm³/mol. The molecule has 48 valence electrons. The van der Waals surface area contributed by atoms with Gasteiger partial charge in [0.1, 0.15) is 0 Å². The number of ether oxygens (including phenoxy) is 2. The van der Waals surface area contributed by atoms with Crippen molar-refractivity contribution in [3.63, 3.8) is 0 Å². The zero-order valence-corrected chi connectivity index (χ0v) is 5.04. The summed E-state index contributed by atoms with van der Waals surface area (Å²) in [6.07, 6.45) is 4.53. The van der Waals surface area contributed by atoms with E-state index in [9.17, 15) is 0 Å². The molecule has 1 aliphatic heterocycles. The molecule has 0 spiro atoms. The zero-order valence-electron chi connectivity index (χ0n) is 5.04. The highest BCUT2D eigenvalue weighted by atomic mass is 16.7. The van der Waals surface area contributed by atoms with Gasteiger partial charge >= 0.3 is 0 Å². The SMILES string of the molecule is [CH]C1COC(C#C)OC1. The Hall–Kier alpha value is -0.520. The van der Waals surface area contributed by atoms with Gasteiger partial charge in [0.2, 0.25) is 6.29 Å². The molecule has 1 aliphatic rings. The maximum Gasteiger partial charge on any atom is 0.222 e. The van der Waals surface area contributed by atoms with Crippen LogP contribution >= 0.6 is 0 Å². The van der Waals surface area contributed by atoms with E-state index in [1.165, 1.54) is 0 Å². The highest BCUT2D eigenvalue weighted by molar-refractivity contribution is 4.90. The number of terminal acetylenes is 1. The molecular weight excluding hydrogens is 116 g/mol. The second-order valence-electron chi connectivity index (χ2n) is 1.93. The van der Waals surface area contributed by atoms with Crippen LogP contribution in [0.3, 0.4) is 0 Å². The molecule has 0 unspecified atom stereocenters. The highest BCUT2D eigenvalue weighted by Gasteiger charge is 2.16. The Labute approximate surface area is 55.1 Å². The Morgan fingerprint density at radius 1 is 1.33 bits per heavy atom.